The van der Waals surface area contributed by atoms with Gasteiger partial charge in [-0.25, -0.2) is 4.98 Å². The van der Waals surface area contributed by atoms with Crippen LogP contribution in [0.1, 0.15) is 17.0 Å². The maximum Gasteiger partial charge on any atom is 0.255 e. The molecular formula is C11H11FN2O2. The van der Waals surface area contributed by atoms with Crippen LogP contribution in [0.3, 0.4) is 0 Å². The molecule has 0 atom stereocenters. The molecule has 4 nitrogen and oxygen atoms in total. The van der Waals surface area contributed by atoms with Gasteiger partial charge in [0.2, 0.25) is 0 Å². The van der Waals surface area contributed by atoms with Gasteiger partial charge in [-0.3, -0.25) is 0 Å². The van der Waals surface area contributed by atoms with Gasteiger partial charge in [-0.05, 0) is 26.0 Å². The quantitative estimate of drug-likeness (QED) is 0.748. The van der Waals surface area contributed by atoms with E-state index in [-0.39, 0.29) is 12.4 Å². The first-order chi connectivity index (χ1) is 7.68. The maximum atomic E-state index is 13.1. The van der Waals surface area contributed by atoms with E-state index in [0.29, 0.717) is 5.76 Å². The number of aryl methyl sites for hydroxylation is 2. The van der Waals surface area contributed by atoms with E-state index in [4.69, 9.17) is 9.26 Å². The van der Waals surface area contributed by atoms with Crippen molar-refractivity contribution in [3.8, 4) is 5.75 Å². The summed E-state index contributed by atoms with van der Waals surface area (Å²) in [5.74, 6) is 0.193. The number of hydrogen-bond donors (Lipinski definition) is 0. The second kappa shape index (κ2) is 4.30. The average molecular weight is 222 g/mol. The van der Waals surface area contributed by atoms with Crippen LogP contribution in [0.4, 0.5) is 4.39 Å². The third-order valence-corrected chi connectivity index (χ3v) is 2.28. The van der Waals surface area contributed by atoms with E-state index in [0.717, 1.165) is 11.3 Å². The molecule has 2 aromatic heterocycles. The van der Waals surface area contributed by atoms with Crippen molar-refractivity contribution in [2.24, 2.45) is 0 Å². The topological polar surface area (TPSA) is 48.2 Å². The van der Waals surface area contributed by atoms with E-state index in [9.17, 15) is 4.39 Å². The van der Waals surface area contributed by atoms with E-state index in [2.05, 4.69) is 10.1 Å². The minimum atomic E-state index is -0.616. The van der Waals surface area contributed by atoms with Gasteiger partial charge < -0.3 is 9.26 Å². The highest BCUT2D eigenvalue weighted by atomic mass is 19.1. The second-order valence-electron chi connectivity index (χ2n) is 3.38. The summed E-state index contributed by atoms with van der Waals surface area (Å²) < 4.78 is 23.4. The van der Waals surface area contributed by atoms with E-state index in [1.807, 2.05) is 6.92 Å². The Morgan fingerprint density at radius 3 is 2.88 bits per heavy atom. The molecule has 5 heteroatoms. The lowest BCUT2D eigenvalue weighted by atomic mass is 10.2. The molecule has 0 aliphatic rings. The summed E-state index contributed by atoms with van der Waals surface area (Å²) in [4.78, 5) is 3.49. The molecule has 0 bridgehead atoms. The Morgan fingerprint density at radius 2 is 2.25 bits per heavy atom. The number of aromatic nitrogens is 2. The van der Waals surface area contributed by atoms with Crippen LogP contribution in [-0.2, 0) is 6.61 Å². The van der Waals surface area contributed by atoms with Crippen molar-refractivity contribution in [3.63, 3.8) is 0 Å². The van der Waals surface area contributed by atoms with Crippen molar-refractivity contribution in [3.05, 3.63) is 41.3 Å². The van der Waals surface area contributed by atoms with Crippen molar-refractivity contribution in [2.45, 2.75) is 20.5 Å². The summed E-state index contributed by atoms with van der Waals surface area (Å²) in [6.07, 6.45) is 1.37. The molecule has 0 unspecified atom stereocenters. The monoisotopic (exact) mass is 222 g/mol. The summed E-state index contributed by atoms with van der Waals surface area (Å²) >= 11 is 0. The maximum absolute atomic E-state index is 13.1. The van der Waals surface area contributed by atoms with Crippen LogP contribution >= 0.6 is 0 Å². The highest BCUT2D eigenvalue weighted by Crippen LogP contribution is 2.18. The van der Waals surface area contributed by atoms with E-state index < -0.39 is 5.95 Å². The highest BCUT2D eigenvalue weighted by molar-refractivity contribution is 5.22. The molecular weight excluding hydrogens is 211 g/mol. The Morgan fingerprint density at radius 1 is 1.44 bits per heavy atom. The van der Waals surface area contributed by atoms with Crippen molar-refractivity contribution in [1.29, 1.82) is 0 Å². The molecule has 0 N–H and O–H groups in total. The molecule has 0 aliphatic carbocycles. The molecule has 2 aromatic rings. The Labute approximate surface area is 92.0 Å². The van der Waals surface area contributed by atoms with Crippen molar-refractivity contribution >= 4 is 0 Å². The molecule has 84 valence electrons. The molecule has 0 saturated heterocycles. The lowest BCUT2D eigenvalue weighted by molar-refractivity contribution is 0.282. The van der Waals surface area contributed by atoms with Gasteiger partial charge in [-0.1, -0.05) is 5.16 Å². The smallest absolute Gasteiger partial charge is 0.255 e. The zero-order valence-electron chi connectivity index (χ0n) is 9.03. The van der Waals surface area contributed by atoms with Crippen LogP contribution in [0.15, 0.2) is 22.9 Å². The molecule has 0 aliphatic heterocycles. The van der Waals surface area contributed by atoms with Crippen LogP contribution in [-0.4, -0.2) is 10.1 Å². The number of ether oxygens (including phenoxy) is 1. The lowest BCUT2D eigenvalue weighted by Gasteiger charge is -2.05. The third-order valence-electron chi connectivity index (χ3n) is 2.28. The van der Waals surface area contributed by atoms with E-state index in [1.54, 1.807) is 13.0 Å². The minimum Gasteiger partial charge on any atom is -0.484 e. The third kappa shape index (κ3) is 2.03. The SMILES string of the molecule is Cc1noc(C)c1COc1cccnc1F. The fraction of sp³-hybridized carbons (Fsp3) is 0.273. The predicted molar refractivity (Wildman–Crippen MR) is 54.5 cm³/mol. The minimum absolute atomic E-state index is 0.127. The predicted octanol–water partition coefficient (Wildman–Crippen LogP) is 2.40. The first-order valence-corrected chi connectivity index (χ1v) is 4.83. The number of nitrogens with zero attached hydrogens (tertiary/aromatic N) is 2. The van der Waals surface area contributed by atoms with Crippen LogP contribution in [0.5, 0.6) is 5.75 Å². The number of rotatable bonds is 3. The zero-order valence-corrected chi connectivity index (χ0v) is 9.03. The Balaban J connectivity index is 2.11. The Hall–Kier alpha value is -1.91. The average Bonchev–Trinajstić information content (AvgIpc) is 2.58. The zero-order chi connectivity index (χ0) is 11.5. The standard InChI is InChI=1S/C11H11FN2O2/c1-7-9(8(2)16-14-7)6-15-10-4-3-5-13-11(10)12/h3-5H,6H2,1-2H3. The summed E-state index contributed by atoms with van der Waals surface area (Å²) in [6.45, 7) is 3.83. The molecule has 2 rings (SSSR count). The van der Waals surface area contributed by atoms with Crippen LogP contribution < -0.4 is 4.74 Å². The molecule has 0 spiro atoms. The number of pyridine rings is 1. The van der Waals surface area contributed by atoms with Gasteiger partial charge in [0.15, 0.2) is 5.75 Å². The highest BCUT2D eigenvalue weighted by Gasteiger charge is 2.11. The van der Waals surface area contributed by atoms with Crippen LogP contribution in [0, 0.1) is 19.8 Å². The van der Waals surface area contributed by atoms with Gasteiger partial charge in [0, 0.05) is 6.20 Å². The van der Waals surface area contributed by atoms with Crippen LogP contribution in [0.2, 0.25) is 0 Å². The Bertz CT molecular complexity index is 477. The second-order valence-corrected chi connectivity index (χ2v) is 3.38. The van der Waals surface area contributed by atoms with Gasteiger partial charge in [0.1, 0.15) is 12.4 Å². The molecule has 0 radical (unpaired) electrons. The summed E-state index contributed by atoms with van der Waals surface area (Å²) in [5, 5.41) is 3.79. The number of halogens is 1. The summed E-state index contributed by atoms with van der Waals surface area (Å²) in [6, 6.07) is 3.15. The fourth-order valence-electron chi connectivity index (χ4n) is 1.34. The largest absolute Gasteiger partial charge is 0.484 e. The first kappa shape index (κ1) is 10.6. The van der Waals surface area contributed by atoms with Gasteiger partial charge in [0.25, 0.3) is 5.95 Å². The van der Waals surface area contributed by atoms with Gasteiger partial charge in [0.05, 0.1) is 11.3 Å². The fourth-order valence-corrected chi connectivity index (χ4v) is 1.34. The number of hydrogen-bond acceptors (Lipinski definition) is 4. The van der Waals surface area contributed by atoms with Crippen molar-refractivity contribution < 1.29 is 13.7 Å². The molecule has 0 aromatic carbocycles. The van der Waals surface area contributed by atoms with Crippen molar-refractivity contribution in [2.75, 3.05) is 0 Å². The van der Waals surface area contributed by atoms with Gasteiger partial charge in [-0.15, -0.1) is 0 Å². The Kier molecular flexibility index (Phi) is 2.85. The van der Waals surface area contributed by atoms with Gasteiger partial charge in [-0.2, -0.15) is 4.39 Å². The summed E-state index contributed by atoms with van der Waals surface area (Å²) in [5.41, 5.74) is 1.59. The van der Waals surface area contributed by atoms with Crippen LogP contribution in [0.25, 0.3) is 0 Å². The molecule has 0 amide bonds. The summed E-state index contributed by atoms with van der Waals surface area (Å²) in [7, 11) is 0. The first-order valence-electron chi connectivity index (χ1n) is 4.83. The molecule has 16 heavy (non-hydrogen) atoms. The lowest BCUT2D eigenvalue weighted by Crippen LogP contribution is -2.00. The van der Waals surface area contributed by atoms with Crippen molar-refractivity contribution in [1.82, 2.24) is 10.1 Å². The molecule has 0 saturated carbocycles. The molecule has 0 fully saturated rings. The van der Waals surface area contributed by atoms with Gasteiger partial charge >= 0.3 is 0 Å². The normalized spacial score (nSPS) is 10.4. The molecule has 2 heterocycles. The van der Waals surface area contributed by atoms with E-state index in [1.165, 1.54) is 12.3 Å². The van der Waals surface area contributed by atoms with E-state index >= 15 is 0 Å².